The molecule has 1 atom stereocenters. The summed E-state index contributed by atoms with van der Waals surface area (Å²) in [5.41, 5.74) is 2.71. The molecule has 4 aromatic rings. The number of hydrogen-bond donors (Lipinski definition) is 2. The molecule has 1 aliphatic heterocycles. The van der Waals surface area contributed by atoms with Crippen LogP contribution in [-0.4, -0.2) is 55.6 Å². The van der Waals surface area contributed by atoms with Crippen LogP contribution < -0.4 is 15.4 Å². The first kappa shape index (κ1) is 22.6. The number of halogens is 2. The summed E-state index contributed by atoms with van der Waals surface area (Å²) in [4.78, 5) is 9.13. The van der Waals surface area contributed by atoms with Crippen LogP contribution in [-0.2, 0) is 0 Å². The molecule has 5 heterocycles. The second kappa shape index (κ2) is 9.90. The fourth-order valence-electron chi connectivity index (χ4n) is 3.64. The van der Waals surface area contributed by atoms with E-state index < -0.39 is 6.55 Å². The van der Waals surface area contributed by atoms with Crippen molar-refractivity contribution in [1.82, 2.24) is 34.7 Å². The quantitative estimate of drug-likeness (QED) is 0.455. The molecule has 0 bridgehead atoms. The topological polar surface area (TPSA) is 94.2 Å². The lowest BCUT2D eigenvalue weighted by atomic mass is 10.2. The highest BCUT2D eigenvalue weighted by Gasteiger charge is 2.19. The van der Waals surface area contributed by atoms with E-state index in [2.05, 4.69) is 25.8 Å². The number of pyridine rings is 1. The first-order valence-corrected chi connectivity index (χ1v) is 10.8. The van der Waals surface area contributed by atoms with Gasteiger partial charge in [0.05, 0.1) is 25.2 Å². The molecule has 0 amide bonds. The van der Waals surface area contributed by atoms with Gasteiger partial charge in [-0.05, 0) is 25.1 Å². The van der Waals surface area contributed by atoms with Crippen molar-refractivity contribution >= 4 is 11.5 Å². The maximum absolute atomic E-state index is 13.0. The summed E-state index contributed by atoms with van der Waals surface area (Å²) in [6, 6.07) is 7.76. The number of anilines is 1. The normalized spacial score (nSPS) is 15.5. The number of nitrogens with one attached hydrogen (secondary N) is 2. The number of nitrogens with zero attached hydrogens (tertiary/aromatic N) is 6. The minimum absolute atomic E-state index is 0.338. The molecule has 1 fully saturated rings. The van der Waals surface area contributed by atoms with Gasteiger partial charge in [0, 0.05) is 30.4 Å². The van der Waals surface area contributed by atoms with Gasteiger partial charge in [0.1, 0.15) is 17.2 Å². The minimum Gasteiger partial charge on any atom is -0.494 e. The molecule has 2 N–H and O–H groups in total. The largest absolute Gasteiger partial charge is 0.494 e. The van der Waals surface area contributed by atoms with Gasteiger partial charge < -0.3 is 15.4 Å². The predicted octanol–water partition coefficient (Wildman–Crippen LogP) is 3.86. The van der Waals surface area contributed by atoms with Gasteiger partial charge >= 0.3 is 6.55 Å². The molecule has 1 aliphatic rings. The molecular formula is C22H26F2N8O. The van der Waals surface area contributed by atoms with Crippen molar-refractivity contribution in [2.24, 2.45) is 0 Å². The van der Waals surface area contributed by atoms with Crippen LogP contribution in [0.25, 0.3) is 28.3 Å². The third-order valence-electron chi connectivity index (χ3n) is 5.18. The summed E-state index contributed by atoms with van der Waals surface area (Å²) in [6.07, 6.45) is 5.28. The Hall–Kier alpha value is -3.60. The number of rotatable bonds is 6. The molecule has 4 aromatic heterocycles. The Morgan fingerprint density at radius 3 is 2.79 bits per heavy atom. The highest BCUT2D eigenvalue weighted by atomic mass is 19.3. The van der Waals surface area contributed by atoms with Gasteiger partial charge in [-0.3, -0.25) is 0 Å². The summed E-state index contributed by atoms with van der Waals surface area (Å²) in [6.45, 7) is 3.15. The average Bonchev–Trinajstić information content (AvgIpc) is 3.60. The zero-order valence-electron chi connectivity index (χ0n) is 18.7. The fraction of sp³-hybridized carbons (Fsp3) is 0.364. The summed E-state index contributed by atoms with van der Waals surface area (Å²) in [7, 11) is 1.49. The number of fused-ring (bicyclic) bond motifs is 1. The zero-order valence-corrected chi connectivity index (χ0v) is 18.7. The smallest absolute Gasteiger partial charge is 0.333 e. The maximum atomic E-state index is 13.0. The monoisotopic (exact) mass is 456 g/mol. The van der Waals surface area contributed by atoms with Gasteiger partial charge in [-0.15, -0.1) is 0 Å². The van der Waals surface area contributed by atoms with E-state index in [9.17, 15) is 8.78 Å². The van der Waals surface area contributed by atoms with E-state index in [-0.39, 0.29) is 0 Å². The summed E-state index contributed by atoms with van der Waals surface area (Å²) in [5.74, 6) is 1.18. The van der Waals surface area contributed by atoms with Crippen molar-refractivity contribution in [3.63, 3.8) is 0 Å². The molecule has 0 aliphatic carbocycles. The number of aromatic nitrogens is 6. The van der Waals surface area contributed by atoms with Gasteiger partial charge in [-0.25, -0.2) is 19.2 Å². The Morgan fingerprint density at radius 2 is 2.09 bits per heavy atom. The van der Waals surface area contributed by atoms with E-state index in [1.807, 2.05) is 32.0 Å². The van der Waals surface area contributed by atoms with Gasteiger partial charge in [0.25, 0.3) is 0 Å². The molecule has 11 heteroatoms. The molecule has 0 spiro atoms. The fourth-order valence-corrected chi connectivity index (χ4v) is 3.64. The van der Waals surface area contributed by atoms with Crippen LogP contribution >= 0.6 is 0 Å². The highest BCUT2D eigenvalue weighted by molar-refractivity contribution is 5.69. The van der Waals surface area contributed by atoms with Gasteiger partial charge in [-0.2, -0.15) is 19.0 Å². The van der Waals surface area contributed by atoms with Crippen molar-refractivity contribution < 1.29 is 13.5 Å². The lowest BCUT2D eigenvalue weighted by Crippen LogP contribution is -2.22. The number of imidazole rings is 1. The number of ether oxygens (including phenoxy) is 1. The third-order valence-corrected chi connectivity index (χ3v) is 5.18. The SMILES string of the molecule is CC.COc1cc2ncc(-c3cccc(NC4CCNC4)n3)n2nc1-c1cnn(C(F)F)c1. The minimum atomic E-state index is -2.73. The van der Waals surface area contributed by atoms with E-state index >= 15 is 0 Å². The van der Waals surface area contributed by atoms with Crippen LogP contribution in [0, 0.1) is 0 Å². The Kier molecular flexibility index (Phi) is 6.78. The Balaban J connectivity index is 0.00000126. The van der Waals surface area contributed by atoms with Gasteiger partial charge in [-0.1, -0.05) is 19.9 Å². The second-order valence-corrected chi connectivity index (χ2v) is 7.20. The van der Waals surface area contributed by atoms with Crippen molar-refractivity contribution in [3.05, 3.63) is 42.9 Å². The van der Waals surface area contributed by atoms with Crippen molar-refractivity contribution in [2.75, 3.05) is 25.5 Å². The summed E-state index contributed by atoms with van der Waals surface area (Å²) in [5, 5.41) is 15.1. The van der Waals surface area contributed by atoms with Crippen LogP contribution in [0.15, 0.2) is 42.9 Å². The molecule has 5 rings (SSSR count). The molecule has 0 radical (unpaired) electrons. The van der Waals surface area contributed by atoms with Gasteiger partial charge in [0.2, 0.25) is 0 Å². The standard InChI is InChI=1S/C20H20F2N8O.C2H6/c1-31-16-7-18-24-10-15(14-3-2-4-17(27-14)26-13-5-6-23-9-13)30(18)28-19(16)12-8-25-29(11-12)20(21)22;1-2/h2-4,7-8,10-11,13,20,23H,5-6,9H2,1H3,(H,26,27);1-2H3. The second-order valence-electron chi connectivity index (χ2n) is 7.20. The van der Waals surface area contributed by atoms with Crippen molar-refractivity contribution in [3.8, 4) is 28.4 Å². The summed E-state index contributed by atoms with van der Waals surface area (Å²) < 4.78 is 33.5. The molecule has 9 nitrogen and oxygen atoms in total. The van der Waals surface area contributed by atoms with E-state index in [1.165, 1.54) is 19.5 Å². The molecule has 33 heavy (non-hydrogen) atoms. The van der Waals surface area contributed by atoms with Crippen molar-refractivity contribution in [1.29, 1.82) is 0 Å². The molecular weight excluding hydrogens is 430 g/mol. The van der Waals surface area contributed by atoms with Gasteiger partial charge in [0.15, 0.2) is 11.4 Å². The molecule has 0 aromatic carbocycles. The molecule has 0 saturated carbocycles. The van der Waals surface area contributed by atoms with E-state index in [0.29, 0.717) is 44.8 Å². The number of methoxy groups -OCH3 is 1. The number of hydrogen-bond acceptors (Lipinski definition) is 7. The van der Waals surface area contributed by atoms with Crippen molar-refractivity contribution in [2.45, 2.75) is 32.9 Å². The Labute approximate surface area is 189 Å². The molecule has 174 valence electrons. The molecule has 1 unspecified atom stereocenters. The zero-order chi connectivity index (χ0) is 23.4. The first-order valence-electron chi connectivity index (χ1n) is 10.8. The van der Waals surface area contributed by atoms with Crippen LogP contribution in [0.4, 0.5) is 14.6 Å². The average molecular weight is 457 g/mol. The van der Waals surface area contributed by atoms with Crippen LogP contribution in [0.1, 0.15) is 26.8 Å². The van der Waals surface area contributed by atoms with E-state index in [4.69, 9.17) is 9.72 Å². The lowest BCUT2D eigenvalue weighted by molar-refractivity contribution is 0.0566. The molecule has 1 saturated heterocycles. The predicted molar refractivity (Wildman–Crippen MR) is 121 cm³/mol. The summed E-state index contributed by atoms with van der Waals surface area (Å²) >= 11 is 0. The highest BCUT2D eigenvalue weighted by Crippen LogP contribution is 2.31. The maximum Gasteiger partial charge on any atom is 0.333 e. The first-order chi connectivity index (χ1) is 16.1. The Morgan fingerprint density at radius 1 is 1.24 bits per heavy atom. The van der Waals surface area contributed by atoms with Crippen LogP contribution in [0.5, 0.6) is 5.75 Å². The third kappa shape index (κ3) is 4.63. The van der Waals surface area contributed by atoms with E-state index in [0.717, 1.165) is 25.3 Å². The van der Waals surface area contributed by atoms with Crippen LogP contribution in [0.3, 0.4) is 0 Å². The Bertz CT molecular complexity index is 1220. The van der Waals surface area contributed by atoms with Crippen LogP contribution in [0.2, 0.25) is 0 Å². The number of alkyl halides is 2. The van der Waals surface area contributed by atoms with E-state index in [1.54, 1.807) is 16.8 Å². The lowest BCUT2D eigenvalue weighted by Gasteiger charge is -2.13.